The van der Waals surface area contributed by atoms with Crippen LogP contribution in [0.1, 0.15) is 30.3 Å². The average molecular weight is 332 g/mol. The summed E-state index contributed by atoms with van der Waals surface area (Å²) < 4.78 is 10.0. The van der Waals surface area contributed by atoms with Gasteiger partial charge in [0.1, 0.15) is 6.10 Å². The molecule has 1 fully saturated rings. The number of piperidine rings is 1. The summed E-state index contributed by atoms with van der Waals surface area (Å²) in [6, 6.07) is 11.7. The monoisotopic (exact) mass is 332 g/mol. The molecule has 1 aromatic carbocycles. The first kappa shape index (κ1) is 17.0. The number of likely N-dealkylation sites (tertiary alicyclic amines) is 1. The van der Waals surface area contributed by atoms with Crippen molar-refractivity contribution in [3.8, 4) is 5.88 Å². The number of aromatic nitrogens is 1. The number of benzene rings is 1. The van der Waals surface area contributed by atoms with Crippen molar-refractivity contribution in [2.75, 3.05) is 26.7 Å². The van der Waals surface area contributed by atoms with Crippen molar-refractivity contribution in [1.29, 1.82) is 0 Å². The zero-order chi connectivity index (χ0) is 17.0. The van der Waals surface area contributed by atoms with Gasteiger partial charge in [0, 0.05) is 32.1 Å². The van der Waals surface area contributed by atoms with Gasteiger partial charge < -0.3 is 24.4 Å². The lowest BCUT2D eigenvalue weighted by Gasteiger charge is -2.38. The Morgan fingerprint density at radius 3 is 2.62 bits per heavy atom. The van der Waals surface area contributed by atoms with Crippen molar-refractivity contribution >= 4 is 0 Å². The quantitative estimate of drug-likeness (QED) is 0.839. The van der Waals surface area contributed by atoms with Crippen LogP contribution in [-0.2, 0) is 6.42 Å². The molecule has 0 radical (unpaired) electrons. The van der Waals surface area contributed by atoms with Gasteiger partial charge in [-0.05, 0) is 23.6 Å². The lowest BCUT2D eigenvalue weighted by molar-refractivity contribution is -0.0313. The summed E-state index contributed by atoms with van der Waals surface area (Å²) in [4.78, 5) is 2.14. The molecule has 0 saturated carbocycles. The summed E-state index contributed by atoms with van der Waals surface area (Å²) >= 11 is 0. The van der Waals surface area contributed by atoms with E-state index in [9.17, 15) is 10.2 Å². The van der Waals surface area contributed by atoms with E-state index in [1.54, 1.807) is 6.07 Å². The van der Waals surface area contributed by atoms with Gasteiger partial charge in [0.05, 0.1) is 12.7 Å². The van der Waals surface area contributed by atoms with Gasteiger partial charge in [0.25, 0.3) is 5.88 Å². The molecular weight excluding hydrogens is 308 g/mol. The lowest BCUT2D eigenvalue weighted by atomic mass is 9.85. The standard InChI is InChI=1S/C18H24N2O4/c1-23-17-11-16(24-19-17)15(21)13-20-9-7-18(22,8-10-20)12-14-5-3-2-4-6-14/h2-6,11,15,21-22H,7-10,12-13H2,1H3. The van der Waals surface area contributed by atoms with Crippen molar-refractivity contribution in [3.05, 3.63) is 47.7 Å². The molecule has 1 aliphatic heterocycles. The van der Waals surface area contributed by atoms with E-state index in [1.165, 1.54) is 7.11 Å². The van der Waals surface area contributed by atoms with Gasteiger partial charge in [-0.1, -0.05) is 30.3 Å². The predicted molar refractivity (Wildman–Crippen MR) is 88.8 cm³/mol. The van der Waals surface area contributed by atoms with Crippen LogP contribution < -0.4 is 4.74 Å². The Morgan fingerprint density at radius 1 is 1.29 bits per heavy atom. The molecule has 1 aliphatic rings. The molecule has 0 amide bonds. The summed E-state index contributed by atoms with van der Waals surface area (Å²) in [5, 5.41) is 24.8. The Labute approximate surface area is 141 Å². The Balaban J connectivity index is 1.51. The van der Waals surface area contributed by atoms with Crippen LogP contribution in [-0.4, -0.2) is 52.6 Å². The minimum absolute atomic E-state index is 0.361. The molecule has 2 N–H and O–H groups in total. The van der Waals surface area contributed by atoms with Gasteiger partial charge in [-0.3, -0.25) is 0 Å². The largest absolute Gasteiger partial charge is 0.479 e. The number of aliphatic hydroxyl groups excluding tert-OH is 1. The van der Waals surface area contributed by atoms with Crippen LogP contribution in [0.25, 0.3) is 0 Å². The molecule has 3 rings (SSSR count). The number of β-amino-alcohol motifs (C(OH)–C–C–N with tert-alkyl or cyclic N) is 1. The van der Waals surface area contributed by atoms with Crippen molar-refractivity contribution in [2.45, 2.75) is 31.0 Å². The van der Waals surface area contributed by atoms with Crippen LogP contribution in [0.15, 0.2) is 40.9 Å². The smallest absolute Gasteiger partial charge is 0.254 e. The minimum atomic E-state index is -0.748. The molecule has 1 atom stereocenters. The number of ether oxygens (including phenoxy) is 1. The van der Waals surface area contributed by atoms with Gasteiger partial charge in [-0.25, -0.2) is 0 Å². The van der Waals surface area contributed by atoms with E-state index in [1.807, 2.05) is 30.3 Å². The van der Waals surface area contributed by atoms with Crippen LogP contribution in [0.3, 0.4) is 0 Å². The number of methoxy groups -OCH3 is 1. The van der Waals surface area contributed by atoms with Crippen LogP contribution in [0, 0.1) is 0 Å². The fourth-order valence-electron chi connectivity index (χ4n) is 3.16. The summed E-state index contributed by atoms with van der Waals surface area (Å²) in [6.45, 7) is 1.94. The van der Waals surface area contributed by atoms with Crippen molar-refractivity contribution in [1.82, 2.24) is 10.1 Å². The molecule has 6 heteroatoms. The van der Waals surface area contributed by atoms with Crippen LogP contribution >= 0.6 is 0 Å². The summed E-state index contributed by atoms with van der Waals surface area (Å²) in [5.41, 5.74) is 0.486. The zero-order valence-corrected chi connectivity index (χ0v) is 13.9. The molecule has 2 aromatic rings. The van der Waals surface area contributed by atoms with Gasteiger partial charge in [-0.2, -0.15) is 0 Å². The SMILES string of the molecule is COc1cc(C(O)CN2CCC(O)(Cc3ccccc3)CC2)on1. The molecule has 0 bridgehead atoms. The van der Waals surface area contributed by atoms with Crippen molar-refractivity contribution in [2.24, 2.45) is 0 Å². The van der Waals surface area contributed by atoms with Gasteiger partial charge >= 0.3 is 0 Å². The maximum absolute atomic E-state index is 10.8. The highest BCUT2D eigenvalue weighted by Gasteiger charge is 2.33. The number of nitrogens with zero attached hydrogens (tertiary/aromatic N) is 2. The van der Waals surface area contributed by atoms with Crippen molar-refractivity contribution < 1.29 is 19.5 Å². The van der Waals surface area contributed by atoms with Gasteiger partial charge in [0.2, 0.25) is 0 Å². The summed E-state index contributed by atoms with van der Waals surface area (Å²) in [6.07, 6.45) is 1.30. The molecule has 6 nitrogen and oxygen atoms in total. The number of rotatable bonds is 6. The molecule has 130 valence electrons. The highest BCUT2D eigenvalue weighted by Crippen LogP contribution is 2.28. The van der Waals surface area contributed by atoms with Gasteiger partial charge in [0.15, 0.2) is 5.76 Å². The van der Waals surface area contributed by atoms with Crippen LogP contribution in [0.5, 0.6) is 5.88 Å². The molecule has 2 heterocycles. The lowest BCUT2D eigenvalue weighted by Crippen LogP contribution is -2.46. The van der Waals surface area contributed by atoms with E-state index in [0.29, 0.717) is 37.4 Å². The Hall–Kier alpha value is -1.89. The number of aliphatic hydroxyl groups is 2. The fourth-order valence-corrected chi connectivity index (χ4v) is 3.16. The summed E-state index contributed by atoms with van der Waals surface area (Å²) in [7, 11) is 1.51. The zero-order valence-electron chi connectivity index (χ0n) is 13.9. The molecule has 1 aromatic heterocycles. The predicted octanol–water partition coefficient (Wildman–Crippen LogP) is 1.79. The average Bonchev–Trinajstić information content (AvgIpc) is 3.07. The first-order valence-electron chi connectivity index (χ1n) is 8.25. The molecule has 1 unspecified atom stereocenters. The third-order valence-electron chi connectivity index (χ3n) is 4.64. The highest BCUT2D eigenvalue weighted by atomic mass is 16.5. The number of hydrogen-bond acceptors (Lipinski definition) is 6. The topological polar surface area (TPSA) is 79.0 Å². The molecule has 0 aliphatic carbocycles. The number of hydrogen-bond donors (Lipinski definition) is 2. The molecule has 0 spiro atoms. The fraction of sp³-hybridized carbons (Fsp3) is 0.500. The molecule has 24 heavy (non-hydrogen) atoms. The van der Waals surface area contributed by atoms with Crippen LogP contribution in [0.4, 0.5) is 0 Å². The normalized spacial score (nSPS) is 19.1. The maximum Gasteiger partial charge on any atom is 0.254 e. The van der Waals surface area contributed by atoms with E-state index in [4.69, 9.17) is 9.26 Å². The Morgan fingerprint density at radius 2 is 2.00 bits per heavy atom. The third-order valence-corrected chi connectivity index (χ3v) is 4.64. The minimum Gasteiger partial charge on any atom is -0.479 e. The maximum atomic E-state index is 10.8. The first-order valence-corrected chi connectivity index (χ1v) is 8.25. The van der Waals surface area contributed by atoms with E-state index < -0.39 is 11.7 Å². The second-order valence-electron chi connectivity index (χ2n) is 6.47. The van der Waals surface area contributed by atoms with E-state index in [0.717, 1.165) is 18.7 Å². The Bertz CT molecular complexity index is 635. The van der Waals surface area contributed by atoms with Crippen LogP contribution in [0.2, 0.25) is 0 Å². The highest BCUT2D eigenvalue weighted by molar-refractivity contribution is 5.17. The summed E-state index contributed by atoms with van der Waals surface area (Å²) in [5.74, 6) is 0.761. The second kappa shape index (κ2) is 7.34. The van der Waals surface area contributed by atoms with E-state index in [-0.39, 0.29) is 0 Å². The first-order chi connectivity index (χ1) is 11.6. The Kier molecular flexibility index (Phi) is 5.18. The molecular formula is C18H24N2O4. The molecule has 1 saturated heterocycles. The second-order valence-corrected chi connectivity index (χ2v) is 6.47. The third kappa shape index (κ3) is 4.14. The van der Waals surface area contributed by atoms with Crippen molar-refractivity contribution in [3.63, 3.8) is 0 Å². The van der Waals surface area contributed by atoms with E-state index >= 15 is 0 Å². The van der Waals surface area contributed by atoms with E-state index in [2.05, 4.69) is 10.1 Å². The van der Waals surface area contributed by atoms with Gasteiger partial charge in [-0.15, -0.1) is 0 Å².